The van der Waals surface area contributed by atoms with Crippen LogP contribution in [-0.4, -0.2) is 16.5 Å². The maximum absolute atomic E-state index is 6.11. The molecule has 0 radical (unpaired) electrons. The SMILES string of the molecule is CC(C)(CNc1ncnc2ccccc12)c1cccc(Cl)c1. The molecule has 112 valence electrons. The highest BCUT2D eigenvalue weighted by atomic mass is 35.5. The van der Waals surface area contributed by atoms with E-state index in [4.69, 9.17) is 11.6 Å². The highest BCUT2D eigenvalue weighted by Gasteiger charge is 2.21. The molecule has 3 rings (SSSR count). The van der Waals surface area contributed by atoms with Crippen LogP contribution < -0.4 is 5.32 Å². The molecule has 3 nitrogen and oxygen atoms in total. The third-order valence-electron chi connectivity index (χ3n) is 3.85. The normalized spacial score (nSPS) is 11.6. The van der Waals surface area contributed by atoms with E-state index in [1.807, 2.05) is 42.5 Å². The maximum Gasteiger partial charge on any atom is 0.137 e. The summed E-state index contributed by atoms with van der Waals surface area (Å²) < 4.78 is 0. The summed E-state index contributed by atoms with van der Waals surface area (Å²) in [6, 6.07) is 16.0. The molecule has 1 N–H and O–H groups in total. The van der Waals surface area contributed by atoms with Crippen LogP contribution in [0.2, 0.25) is 5.02 Å². The number of nitrogens with zero attached hydrogens (tertiary/aromatic N) is 2. The number of para-hydroxylation sites is 1. The van der Waals surface area contributed by atoms with Crippen molar-refractivity contribution in [1.29, 1.82) is 0 Å². The van der Waals surface area contributed by atoms with Crippen LogP contribution in [0.1, 0.15) is 19.4 Å². The Labute approximate surface area is 135 Å². The Morgan fingerprint density at radius 3 is 2.68 bits per heavy atom. The largest absolute Gasteiger partial charge is 0.369 e. The van der Waals surface area contributed by atoms with Crippen molar-refractivity contribution < 1.29 is 0 Å². The number of nitrogens with one attached hydrogen (secondary N) is 1. The van der Waals surface area contributed by atoms with Crippen molar-refractivity contribution in [2.75, 3.05) is 11.9 Å². The number of rotatable bonds is 4. The lowest BCUT2D eigenvalue weighted by molar-refractivity contribution is 0.556. The van der Waals surface area contributed by atoms with Crippen LogP contribution in [0.5, 0.6) is 0 Å². The van der Waals surface area contributed by atoms with Gasteiger partial charge < -0.3 is 5.32 Å². The zero-order chi connectivity index (χ0) is 15.6. The minimum Gasteiger partial charge on any atom is -0.369 e. The van der Waals surface area contributed by atoms with Crippen molar-refractivity contribution in [3.05, 3.63) is 65.4 Å². The molecule has 0 atom stereocenters. The van der Waals surface area contributed by atoms with Gasteiger partial charge in [-0.05, 0) is 29.8 Å². The van der Waals surface area contributed by atoms with Gasteiger partial charge in [0, 0.05) is 22.4 Å². The lowest BCUT2D eigenvalue weighted by Crippen LogP contribution is -2.28. The molecule has 0 bridgehead atoms. The monoisotopic (exact) mass is 311 g/mol. The minimum absolute atomic E-state index is 0.0586. The second kappa shape index (κ2) is 5.93. The Balaban J connectivity index is 1.84. The molecule has 22 heavy (non-hydrogen) atoms. The first kappa shape index (κ1) is 14.8. The van der Waals surface area contributed by atoms with Crippen LogP contribution in [0.15, 0.2) is 54.9 Å². The third kappa shape index (κ3) is 3.04. The van der Waals surface area contributed by atoms with Crippen LogP contribution in [-0.2, 0) is 5.41 Å². The van der Waals surface area contributed by atoms with E-state index in [2.05, 4.69) is 35.2 Å². The summed E-state index contributed by atoms with van der Waals surface area (Å²) in [4.78, 5) is 8.66. The quantitative estimate of drug-likeness (QED) is 0.760. The summed E-state index contributed by atoms with van der Waals surface area (Å²) in [6.07, 6.45) is 1.59. The first-order valence-electron chi connectivity index (χ1n) is 7.26. The molecule has 2 aromatic carbocycles. The predicted octanol–water partition coefficient (Wildman–Crippen LogP) is 4.67. The first-order valence-corrected chi connectivity index (χ1v) is 7.64. The Kier molecular flexibility index (Phi) is 3.99. The summed E-state index contributed by atoms with van der Waals surface area (Å²) >= 11 is 6.11. The van der Waals surface area contributed by atoms with E-state index in [1.54, 1.807) is 6.33 Å². The van der Waals surface area contributed by atoms with E-state index in [0.29, 0.717) is 0 Å². The Morgan fingerprint density at radius 1 is 1.05 bits per heavy atom. The smallest absolute Gasteiger partial charge is 0.137 e. The highest BCUT2D eigenvalue weighted by Crippen LogP contribution is 2.27. The minimum atomic E-state index is -0.0586. The fourth-order valence-electron chi connectivity index (χ4n) is 2.46. The molecule has 0 saturated carbocycles. The van der Waals surface area contributed by atoms with Gasteiger partial charge >= 0.3 is 0 Å². The van der Waals surface area contributed by atoms with E-state index in [-0.39, 0.29) is 5.41 Å². The summed E-state index contributed by atoms with van der Waals surface area (Å²) in [5.41, 5.74) is 2.09. The fourth-order valence-corrected chi connectivity index (χ4v) is 2.65. The van der Waals surface area contributed by atoms with E-state index in [0.717, 1.165) is 28.3 Å². The van der Waals surface area contributed by atoms with Crippen LogP contribution in [0.3, 0.4) is 0 Å². The number of hydrogen-bond donors (Lipinski definition) is 1. The summed E-state index contributed by atoms with van der Waals surface area (Å²) in [6.45, 7) is 5.14. The van der Waals surface area contributed by atoms with Crippen molar-refractivity contribution in [2.24, 2.45) is 0 Å². The molecule has 0 amide bonds. The second-order valence-electron chi connectivity index (χ2n) is 5.99. The van der Waals surface area contributed by atoms with Crippen molar-refractivity contribution in [1.82, 2.24) is 9.97 Å². The number of hydrogen-bond acceptors (Lipinski definition) is 3. The maximum atomic E-state index is 6.11. The molecule has 0 saturated heterocycles. The van der Waals surface area contributed by atoms with Gasteiger partial charge in [-0.2, -0.15) is 0 Å². The van der Waals surface area contributed by atoms with Crippen molar-refractivity contribution in [2.45, 2.75) is 19.3 Å². The Morgan fingerprint density at radius 2 is 1.86 bits per heavy atom. The van der Waals surface area contributed by atoms with Crippen LogP contribution in [0.4, 0.5) is 5.82 Å². The summed E-state index contributed by atoms with van der Waals surface area (Å²) in [7, 11) is 0. The van der Waals surface area contributed by atoms with E-state index in [9.17, 15) is 0 Å². The molecule has 0 spiro atoms. The number of aromatic nitrogens is 2. The topological polar surface area (TPSA) is 37.8 Å². The summed E-state index contributed by atoms with van der Waals surface area (Å²) in [5, 5.41) is 5.25. The van der Waals surface area contributed by atoms with Crippen molar-refractivity contribution >= 4 is 28.3 Å². The van der Waals surface area contributed by atoms with Gasteiger partial charge in [0.1, 0.15) is 12.1 Å². The second-order valence-corrected chi connectivity index (χ2v) is 6.42. The van der Waals surface area contributed by atoms with Crippen molar-refractivity contribution in [3.63, 3.8) is 0 Å². The molecule has 1 aromatic heterocycles. The van der Waals surface area contributed by atoms with Gasteiger partial charge in [0.25, 0.3) is 0 Å². The van der Waals surface area contributed by atoms with Gasteiger partial charge in [-0.25, -0.2) is 9.97 Å². The molecule has 0 aliphatic carbocycles. The van der Waals surface area contributed by atoms with Crippen molar-refractivity contribution in [3.8, 4) is 0 Å². The number of benzene rings is 2. The number of fused-ring (bicyclic) bond motifs is 1. The standard InChI is InChI=1S/C18H18ClN3/c1-18(2,13-6-5-7-14(19)10-13)11-20-17-15-8-3-4-9-16(15)21-12-22-17/h3-10,12H,11H2,1-2H3,(H,20,21,22). The highest BCUT2D eigenvalue weighted by molar-refractivity contribution is 6.30. The van der Waals surface area contributed by atoms with E-state index < -0.39 is 0 Å². The third-order valence-corrected chi connectivity index (χ3v) is 4.08. The zero-order valence-electron chi connectivity index (χ0n) is 12.7. The van der Waals surface area contributed by atoms with Gasteiger partial charge in [0.2, 0.25) is 0 Å². The Hall–Kier alpha value is -2.13. The van der Waals surface area contributed by atoms with E-state index >= 15 is 0 Å². The van der Waals surface area contributed by atoms with Gasteiger partial charge in [-0.1, -0.05) is 49.7 Å². The van der Waals surface area contributed by atoms with Crippen LogP contribution in [0.25, 0.3) is 10.9 Å². The molecular formula is C18H18ClN3. The lowest BCUT2D eigenvalue weighted by Gasteiger charge is -2.26. The van der Waals surface area contributed by atoms with Crippen LogP contribution in [0, 0.1) is 0 Å². The lowest BCUT2D eigenvalue weighted by atomic mass is 9.84. The van der Waals surface area contributed by atoms with Crippen LogP contribution >= 0.6 is 11.6 Å². The molecule has 0 aliphatic heterocycles. The fraction of sp³-hybridized carbons (Fsp3) is 0.222. The molecule has 0 aliphatic rings. The molecule has 4 heteroatoms. The van der Waals surface area contributed by atoms with Gasteiger partial charge in [0.05, 0.1) is 5.52 Å². The number of halogens is 1. The molecule has 1 heterocycles. The average molecular weight is 312 g/mol. The molecular weight excluding hydrogens is 294 g/mol. The average Bonchev–Trinajstić information content (AvgIpc) is 2.53. The predicted molar refractivity (Wildman–Crippen MR) is 92.5 cm³/mol. The molecule has 0 unspecified atom stereocenters. The number of anilines is 1. The van der Waals surface area contributed by atoms with Gasteiger partial charge in [0.15, 0.2) is 0 Å². The van der Waals surface area contributed by atoms with E-state index in [1.165, 1.54) is 5.56 Å². The molecule has 0 fully saturated rings. The van der Waals surface area contributed by atoms with Gasteiger partial charge in [-0.15, -0.1) is 0 Å². The summed E-state index contributed by atoms with van der Waals surface area (Å²) in [5.74, 6) is 0.862. The molecule has 3 aromatic rings. The zero-order valence-corrected chi connectivity index (χ0v) is 13.4. The van der Waals surface area contributed by atoms with Gasteiger partial charge in [-0.3, -0.25) is 0 Å². The Bertz CT molecular complexity index is 794. The first-order chi connectivity index (χ1) is 10.6.